The van der Waals surface area contributed by atoms with E-state index in [1.54, 1.807) is 13.0 Å². The van der Waals surface area contributed by atoms with Crippen LogP contribution in [0.3, 0.4) is 0 Å². The van der Waals surface area contributed by atoms with Gasteiger partial charge in [-0.15, -0.1) is 0 Å². The van der Waals surface area contributed by atoms with Crippen molar-refractivity contribution in [2.45, 2.75) is 32.7 Å². The van der Waals surface area contributed by atoms with Gasteiger partial charge in [0, 0.05) is 20.0 Å². The van der Waals surface area contributed by atoms with E-state index in [1.165, 1.54) is 6.07 Å². The second-order valence-electron chi connectivity index (χ2n) is 6.33. The first-order chi connectivity index (χ1) is 13.4. The van der Waals surface area contributed by atoms with Crippen molar-refractivity contribution >= 4 is 5.96 Å². The van der Waals surface area contributed by atoms with Crippen molar-refractivity contribution in [1.29, 1.82) is 0 Å². The lowest BCUT2D eigenvalue weighted by Gasteiger charge is -2.35. The van der Waals surface area contributed by atoms with Gasteiger partial charge in [-0.25, -0.2) is 4.99 Å². The average molecular weight is 397 g/mol. The van der Waals surface area contributed by atoms with Crippen LogP contribution < -0.4 is 5.32 Å². The molecule has 1 atom stereocenters. The number of aryl methyl sites for hydroxylation is 1. The third-order valence-corrected chi connectivity index (χ3v) is 4.23. The number of aromatic nitrogens is 2. The molecule has 10 heteroatoms. The largest absolute Gasteiger partial charge is 0.416 e. The number of hydrogen-bond acceptors (Lipinski definition) is 5. The van der Waals surface area contributed by atoms with Crippen LogP contribution in [0.25, 0.3) is 0 Å². The van der Waals surface area contributed by atoms with Gasteiger partial charge in [0.25, 0.3) is 0 Å². The molecule has 0 amide bonds. The average Bonchev–Trinajstić information content (AvgIpc) is 3.10. The standard InChI is InChI=1S/C18H22F3N5O2/c1-3-22-17(23-10-16-24-12(2)28-25-16)26-7-8-27-15(11-26)13-5-4-6-14(9-13)18(19,20)21/h4-6,9,15H,3,7-8,10-11H2,1-2H3,(H,22,23). The van der Waals surface area contributed by atoms with E-state index in [2.05, 4.69) is 20.4 Å². The number of nitrogens with zero attached hydrogens (tertiary/aromatic N) is 4. The Morgan fingerprint density at radius 3 is 2.89 bits per heavy atom. The third-order valence-electron chi connectivity index (χ3n) is 4.23. The summed E-state index contributed by atoms with van der Waals surface area (Å²) in [6, 6.07) is 5.25. The highest BCUT2D eigenvalue weighted by Gasteiger charge is 2.32. The first kappa shape index (κ1) is 20.1. The van der Waals surface area contributed by atoms with Crippen molar-refractivity contribution in [3.8, 4) is 0 Å². The number of benzene rings is 1. The SMILES string of the molecule is CCNC(=NCc1noc(C)n1)N1CCOC(c2cccc(C(F)(F)F)c2)C1. The number of hydrogen-bond donors (Lipinski definition) is 1. The molecule has 2 heterocycles. The van der Waals surface area contributed by atoms with Crippen LogP contribution in [0.15, 0.2) is 33.8 Å². The lowest BCUT2D eigenvalue weighted by molar-refractivity contribution is -0.137. The van der Waals surface area contributed by atoms with Crippen molar-refractivity contribution in [1.82, 2.24) is 20.4 Å². The van der Waals surface area contributed by atoms with E-state index in [4.69, 9.17) is 9.26 Å². The summed E-state index contributed by atoms with van der Waals surface area (Å²) in [5.74, 6) is 1.56. The van der Waals surface area contributed by atoms with Crippen LogP contribution in [0, 0.1) is 6.92 Å². The highest BCUT2D eigenvalue weighted by Crippen LogP contribution is 2.32. The Labute approximate surface area is 160 Å². The molecule has 1 aliphatic heterocycles. The molecule has 28 heavy (non-hydrogen) atoms. The predicted molar refractivity (Wildman–Crippen MR) is 95.6 cm³/mol. The Bertz CT molecular complexity index is 822. The van der Waals surface area contributed by atoms with Gasteiger partial charge in [0.05, 0.1) is 18.7 Å². The van der Waals surface area contributed by atoms with Crippen LogP contribution in [0.4, 0.5) is 13.2 Å². The smallest absolute Gasteiger partial charge is 0.370 e. The molecule has 1 aliphatic rings. The molecular formula is C18H22F3N5O2. The summed E-state index contributed by atoms with van der Waals surface area (Å²) in [6.45, 7) is 5.88. The number of aliphatic imine (C=N–C) groups is 1. The molecule has 1 N–H and O–H groups in total. The molecule has 0 radical (unpaired) electrons. The fraction of sp³-hybridized carbons (Fsp3) is 0.500. The Hall–Kier alpha value is -2.62. The van der Waals surface area contributed by atoms with Crippen LogP contribution in [0.2, 0.25) is 0 Å². The molecule has 1 aromatic heterocycles. The minimum Gasteiger partial charge on any atom is -0.370 e. The normalized spacial score (nSPS) is 18.4. The number of guanidine groups is 1. The van der Waals surface area contributed by atoms with E-state index >= 15 is 0 Å². The number of rotatable bonds is 4. The Morgan fingerprint density at radius 1 is 1.39 bits per heavy atom. The highest BCUT2D eigenvalue weighted by atomic mass is 19.4. The van der Waals surface area contributed by atoms with Gasteiger partial charge in [-0.05, 0) is 24.6 Å². The van der Waals surface area contributed by atoms with E-state index in [0.717, 1.165) is 12.1 Å². The number of alkyl halides is 3. The molecule has 7 nitrogen and oxygen atoms in total. The molecule has 3 rings (SSSR count). The van der Waals surface area contributed by atoms with Crippen LogP contribution in [0.1, 0.15) is 35.9 Å². The summed E-state index contributed by atoms with van der Waals surface area (Å²) < 4.78 is 49.7. The molecule has 0 aliphatic carbocycles. The van der Waals surface area contributed by atoms with Crippen molar-refractivity contribution in [2.75, 3.05) is 26.2 Å². The number of ether oxygens (including phenoxy) is 1. The van der Waals surface area contributed by atoms with Gasteiger partial charge in [0.1, 0.15) is 12.6 Å². The van der Waals surface area contributed by atoms with Gasteiger partial charge in [0.15, 0.2) is 11.8 Å². The fourth-order valence-corrected chi connectivity index (χ4v) is 2.94. The van der Waals surface area contributed by atoms with Crippen molar-refractivity contribution < 1.29 is 22.4 Å². The van der Waals surface area contributed by atoms with Gasteiger partial charge in [-0.3, -0.25) is 0 Å². The highest BCUT2D eigenvalue weighted by molar-refractivity contribution is 5.80. The minimum atomic E-state index is -4.39. The van der Waals surface area contributed by atoms with Crippen molar-refractivity contribution in [3.63, 3.8) is 0 Å². The van der Waals surface area contributed by atoms with E-state index in [0.29, 0.717) is 49.5 Å². The lowest BCUT2D eigenvalue weighted by atomic mass is 10.0. The topological polar surface area (TPSA) is 75.8 Å². The van der Waals surface area contributed by atoms with Gasteiger partial charge in [-0.2, -0.15) is 18.2 Å². The zero-order chi connectivity index (χ0) is 20.1. The zero-order valence-electron chi connectivity index (χ0n) is 15.7. The molecular weight excluding hydrogens is 375 g/mol. The molecule has 2 aromatic rings. The number of nitrogens with one attached hydrogen (secondary N) is 1. The molecule has 1 saturated heterocycles. The van der Waals surface area contributed by atoms with Gasteiger partial charge in [0.2, 0.25) is 5.89 Å². The quantitative estimate of drug-likeness (QED) is 0.632. The summed E-state index contributed by atoms with van der Waals surface area (Å²) in [5, 5.41) is 7.01. The van der Waals surface area contributed by atoms with Gasteiger partial charge >= 0.3 is 6.18 Å². The molecule has 0 saturated carbocycles. The maximum absolute atomic E-state index is 13.0. The summed E-state index contributed by atoms with van der Waals surface area (Å²) in [4.78, 5) is 10.6. The summed E-state index contributed by atoms with van der Waals surface area (Å²) in [6.07, 6.45) is -4.86. The molecule has 1 unspecified atom stereocenters. The van der Waals surface area contributed by atoms with Crippen LogP contribution in [-0.4, -0.2) is 47.2 Å². The van der Waals surface area contributed by atoms with Gasteiger partial charge in [-0.1, -0.05) is 17.3 Å². The third kappa shape index (κ3) is 5.00. The maximum atomic E-state index is 13.0. The van der Waals surface area contributed by atoms with E-state index < -0.39 is 17.8 Å². The molecule has 1 aromatic carbocycles. The van der Waals surface area contributed by atoms with Crippen molar-refractivity contribution in [2.24, 2.45) is 4.99 Å². The number of morpholine rings is 1. The second kappa shape index (κ2) is 8.59. The second-order valence-corrected chi connectivity index (χ2v) is 6.33. The van der Waals surface area contributed by atoms with E-state index in [-0.39, 0.29) is 6.54 Å². The molecule has 152 valence electrons. The lowest BCUT2D eigenvalue weighted by Crippen LogP contribution is -2.48. The van der Waals surface area contributed by atoms with Gasteiger partial charge < -0.3 is 19.5 Å². The number of halogens is 3. The summed E-state index contributed by atoms with van der Waals surface area (Å²) in [5.41, 5.74) is -0.192. The van der Waals surface area contributed by atoms with E-state index in [1.807, 2.05) is 11.8 Å². The monoisotopic (exact) mass is 397 g/mol. The Balaban J connectivity index is 1.74. The minimum absolute atomic E-state index is 0.241. The molecule has 1 fully saturated rings. The van der Waals surface area contributed by atoms with Crippen LogP contribution in [0.5, 0.6) is 0 Å². The molecule has 0 spiro atoms. The first-order valence-corrected chi connectivity index (χ1v) is 8.98. The molecule has 0 bridgehead atoms. The Kier molecular flexibility index (Phi) is 6.18. The Morgan fingerprint density at radius 2 is 2.21 bits per heavy atom. The van der Waals surface area contributed by atoms with Crippen LogP contribution in [-0.2, 0) is 17.5 Å². The van der Waals surface area contributed by atoms with Crippen molar-refractivity contribution in [3.05, 3.63) is 47.1 Å². The fourth-order valence-electron chi connectivity index (χ4n) is 2.94. The maximum Gasteiger partial charge on any atom is 0.416 e. The van der Waals surface area contributed by atoms with E-state index in [9.17, 15) is 13.2 Å². The summed E-state index contributed by atoms with van der Waals surface area (Å²) >= 11 is 0. The predicted octanol–water partition coefficient (Wildman–Crippen LogP) is 2.94. The zero-order valence-corrected chi connectivity index (χ0v) is 15.7. The summed E-state index contributed by atoms with van der Waals surface area (Å²) in [7, 11) is 0. The first-order valence-electron chi connectivity index (χ1n) is 8.98. The van der Waals surface area contributed by atoms with Crippen LogP contribution >= 0.6 is 0 Å².